The molecule has 1 rings (SSSR count). The third-order valence-corrected chi connectivity index (χ3v) is 4.42. The number of nitriles is 1. The second-order valence-electron chi connectivity index (χ2n) is 4.84. The smallest absolute Gasteiger partial charge is 0.309 e. The molecule has 1 fully saturated rings. The molecule has 0 saturated heterocycles. The molecule has 0 N–H and O–H groups in total. The third-order valence-electron chi connectivity index (χ3n) is 3.27. The highest BCUT2D eigenvalue weighted by molar-refractivity contribution is 8.03. The molecule has 0 heterocycles. The Labute approximate surface area is 107 Å². The van der Waals surface area contributed by atoms with E-state index < -0.39 is 0 Å². The molecule has 0 amide bonds. The molecule has 17 heavy (non-hydrogen) atoms. The van der Waals surface area contributed by atoms with Gasteiger partial charge in [0.2, 0.25) is 0 Å². The van der Waals surface area contributed by atoms with Gasteiger partial charge in [-0.2, -0.15) is 5.26 Å². The SMILES string of the molecule is CCCSC(C#N)=C[C@@H]1[C@@H](C(=O)OC)C1(C)C. The Morgan fingerprint density at radius 2 is 2.24 bits per heavy atom. The molecule has 2 atom stereocenters. The van der Waals surface area contributed by atoms with Gasteiger partial charge in [-0.05, 0) is 23.5 Å². The molecule has 1 saturated carbocycles. The monoisotopic (exact) mass is 253 g/mol. The summed E-state index contributed by atoms with van der Waals surface area (Å²) >= 11 is 1.56. The van der Waals surface area contributed by atoms with Crippen LogP contribution in [0.3, 0.4) is 0 Å². The van der Waals surface area contributed by atoms with E-state index in [4.69, 9.17) is 10.00 Å². The largest absolute Gasteiger partial charge is 0.469 e. The summed E-state index contributed by atoms with van der Waals surface area (Å²) in [7, 11) is 1.41. The zero-order valence-electron chi connectivity index (χ0n) is 10.8. The van der Waals surface area contributed by atoms with Crippen LogP contribution in [0, 0.1) is 28.6 Å². The van der Waals surface area contributed by atoms with Gasteiger partial charge in [-0.3, -0.25) is 4.79 Å². The zero-order valence-corrected chi connectivity index (χ0v) is 11.6. The molecule has 0 radical (unpaired) electrons. The van der Waals surface area contributed by atoms with Crippen LogP contribution in [0.25, 0.3) is 0 Å². The highest BCUT2D eigenvalue weighted by Crippen LogP contribution is 2.60. The average molecular weight is 253 g/mol. The fraction of sp³-hybridized carbons (Fsp3) is 0.692. The van der Waals surface area contributed by atoms with Gasteiger partial charge in [0.1, 0.15) is 6.07 Å². The Kier molecular flexibility index (Phi) is 4.64. The number of carbonyl (C=O) groups excluding carboxylic acids is 1. The average Bonchev–Trinajstić information content (AvgIpc) is 2.85. The summed E-state index contributed by atoms with van der Waals surface area (Å²) in [6.07, 6.45) is 2.97. The lowest BCUT2D eigenvalue weighted by Crippen LogP contribution is -2.07. The number of thioether (sulfide) groups is 1. The summed E-state index contributed by atoms with van der Waals surface area (Å²) < 4.78 is 4.78. The lowest BCUT2D eigenvalue weighted by molar-refractivity contribution is -0.143. The van der Waals surface area contributed by atoms with Gasteiger partial charge in [-0.15, -0.1) is 11.8 Å². The van der Waals surface area contributed by atoms with E-state index >= 15 is 0 Å². The van der Waals surface area contributed by atoms with E-state index in [1.807, 2.05) is 19.9 Å². The van der Waals surface area contributed by atoms with Crippen molar-refractivity contribution in [1.82, 2.24) is 0 Å². The Balaban J connectivity index is 2.72. The number of hydrogen-bond donors (Lipinski definition) is 0. The highest BCUT2D eigenvalue weighted by Gasteiger charge is 2.61. The minimum absolute atomic E-state index is 0.0814. The molecule has 3 nitrogen and oxygen atoms in total. The van der Waals surface area contributed by atoms with Crippen LogP contribution in [-0.2, 0) is 9.53 Å². The van der Waals surface area contributed by atoms with Crippen LogP contribution in [-0.4, -0.2) is 18.8 Å². The number of rotatable bonds is 5. The predicted molar refractivity (Wildman–Crippen MR) is 69.2 cm³/mol. The predicted octanol–water partition coefficient (Wildman–Crippen LogP) is 2.98. The van der Waals surface area contributed by atoms with E-state index in [1.165, 1.54) is 7.11 Å². The summed E-state index contributed by atoms with van der Waals surface area (Å²) in [6.45, 7) is 6.16. The molecule has 0 aromatic carbocycles. The van der Waals surface area contributed by atoms with E-state index in [1.54, 1.807) is 11.8 Å². The molecular formula is C13H19NO2S. The molecule has 1 aliphatic carbocycles. The first-order chi connectivity index (χ1) is 7.98. The molecule has 0 aromatic heterocycles. The number of carbonyl (C=O) groups is 1. The van der Waals surface area contributed by atoms with E-state index in [9.17, 15) is 4.79 Å². The first kappa shape index (κ1) is 14.1. The topological polar surface area (TPSA) is 50.1 Å². The van der Waals surface area contributed by atoms with Crippen molar-refractivity contribution in [2.45, 2.75) is 27.2 Å². The summed E-state index contributed by atoms with van der Waals surface area (Å²) in [5.41, 5.74) is -0.0814. The van der Waals surface area contributed by atoms with Crippen molar-refractivity contribution >= 4 is 17.7 Å². The summed E-state index contributed by atoms with van der Waals surface area (Å²) in [5, 5.41) is 9.03. The van der Waals surface area contributed by atoms with Crippen LogP contribution < -0.4 is 0 Å². The Bertz CT molecular complexity index is 368. The van der Waals surface area contributed by atoms with Gasteiger partial charge in [0.25, 0.3) is 0 Å². The molecule has 0 unspecified atom stereocenters. The second kappa shape index (κ2) is 5.59. The summed E-state index contributed by atoms with van der Waals surface area (Å²) in [6, 6.07) is 2.20. The molecule has 94 valence electrons. The van der Waals surface area contributed by atoms with Crippen molar-refractivity contribution in [1.29, 1.82) is 5.26 Å². The number of ether oxygens (including phenoxy) is 1. The first-order valence-electron chi connectivity index (χ1n) is 5.81. The van der Waals surface area contributed by atoms with Crippen molar-refractivity contribution in [2.24, 2.45) is 17.3 Å². The van der Waals surface area contributed by atoms with Gasteiger partial charge >= 0.3 is 5.97 Å². The first-order valence-corrected chi connectivity index (χ1v) is 6.80. The van der Waals surface area contributed by atoms with Crippen LogP contribution in [0.5, 0.6) is 0 Å². The van der Waals surface area contributed by atoms with Crippen molar-refractivity contribution in [2.75, 3.05) is 12.9 Å². The van der Waals surface area contributed by atoms with Crippen LogP contribution in [0.2, 0.25) is 0 Å². The Morgan fingerprint density at radius 1 is 1.59 bits per heavy atom. The third kappa shape index (κ3) is 3.04. The van der Waals surface area contributed by atoms with E-state index in [2.05, 4.69) is 13.0 Å². The summed E-state index contributed by atoms with van der Waals surface area (Å²) in [5.74, 6) is 0.802. The van der Waals surface area contributed by atoms with Gasteiger partial charge in [-0.25, -0.2) is 0 Å². The quantitative estimate of drug-likeness (QED) is 0.558. The Morgan fingerprint density at radius 3 is 2.71 bits per heavy atom. The molecule has 0 aromatic rings. The van der Waals surface area contributed by atoms with E-state index in [0.29, 0.717) is 0 Å². The normalized spacial score (nSPS) is 26.2. The van der Waals surface area contributed by atoms with Crippen LogP contribution in [0.1, 0.15) is 27.2 Å². The summed E-state index contributed by atoms with van der Waals surface area (Å²) in [4.78, 5) is 12.3. The zero-order chi connectivity index (χ0) is 13.1. The number of nitrogens with zero attached hydrogens (tertiary/aromatic N) is 1. The number of methoxy groups -OCH3 is 1. The molecule has 0 aliphatic heterocycles. The molecule has 4 heteroatoms. The maximum atomic E-state index is 11.5. The minimum atomic E-state index is -0.172. The van der Waals surface area contributed by atoms with Crippen molar-refractivity contribution in [3.05, 3.63) is 11.0 Å². The van der Waals surface area contributed by atoms with E-state index in [-0.39, 0.29) is 23.2 Å². The van der Waals surface area contributed by atoms with Gasteiger partial charge in [-0.1, -0.05) is 26.8 Å². The maximum Gasteiger partial charge on any atom is 0.309 e. The van der Waals surface area contributed by atoms with Crippen LogP contribution in [0.4, 0.5) is 0 Å². The van der Waals surface area contributed by atoms with Crippen LogP contribution in [0.15, 0.2) is 11.0 Å². The van der Waals surface area contributed by atoms with E-state index in [0.717, 1.165) is 17.1 Å². The standard InChI is InChI=1S/C13H19NO2S/c1-5-6-17-9(8-14)7-10-11(12(15)16-4)13(10,2)3/h7,10-11H,5-6H2,1-4H3/t10-,11+/m1/s1. The maximum absolute atomic E-state index is 11.5. The molecule has 1 aliphatic rings. The van der Waals surface area contributed by atoms with Gasteiger partial charge in [0, 0.05) is 0 Å². The van der Waals surface area contributed by atoms with Crippen molar-refractivity contribution in [3.63, 3.8) is 0 Å². The number of hydrogen-bond acceptors (Lipinski definition) is 4. The van der Waals surface area contributed by atoms with Crippen LogP contribution >= 0.6 is 11.8 Å². The fourth-order valence-corrected chi connectivity index (χ4v) is 2.79. The van der Waals surface area contributed by atoms with Gasteiger partial charge < -0.3 is 4.74 Å². The lowest BCUT2D eigenvalue weighted by Gasteiger charge is -1.99. The molecular weight excluding hydrogens is 234 g/mol. The Hall–Kier alpha value is -0.950. The second-order valence-corrected chi connectivity index (χ2v) is 5.98. The molecule has 0 bridgehead atoms. The van der Waals surface area contributed by atoms with Gasteiger partial charge in [0.05, 0.1) is 17.9 Å². The fourth-order valence-electron chi connectivity index (χ4n) is 2.06. The number of esters is 1. The van der Waals surface area contributed by atoms with Gasteiger partial charge in [0.15, 0.2) is 0 Å². The van der Waals surface area contributed by atoms with Crippen molar-refractivity contribution < 1.29 is 9.53 Å². The highest BCUT2D eigenvalue weighted by atomic mass is 32.2. The van der Waals surface area contributed by atoms with Crippen molar-refractivity contribution in [3.8, 4) is 6.07 Å². The lowest BCUT2D eigenvalue weighted by atomic mass is 10.1. The number of allylic oxidation sites excluding steroid dienone is 2. The minimum Gasteiger partial charge on any atom is -0.469 e. The molecule has 0 spiro atoms.